The molecule has 0 unspecified atom stereocenters. The van der Waals surface area contributed by atoms with Crippen LogP contribution in [0.3, 0.4) is 0 Å². The second-order valence-corrected chi connectivity index (χ2v) is 5.01. The number of fused-ring (bicyclic) bond motifs is 4. The number of aryl methyl sites for hydroxylation is 1. The highest BCUT2D eigenvalue weighted by Crippen LogP contribution is 2.30. The van der Waals surface area contributed by atoms with Gasteiger partial charge in [-0.25, -0.2) is 0 Å². The lowest BCUT2D eigenvalue weighted by molar-refractivity contribution is 1.38. The third-order valence-electron chi connectivity index (χ3n) is 3.80. The summed E-state index contributed by atoms with van der Waals surface area (Å²) < 4.78 is 0. The average molecular weight is 243 g/mol. The SMILES string of the molecule is Cc1ccnc2ccc3cc4ccccc4cc3c12. The average Bonchev–Trinajstić information content (AvgIpc) is 2.45. The first kappa shape index (κ1) is 10.5. The number of aromatic nitrogens is 1. The number of benzene rings is 3. The Morgan fingerprint density at radius 2 is 1.58 bits per heavy atom. The lowest BCUT2D eigenvalue weighted by Crippen LogP contribution is -1.85. The summed E-state index contributed by atoms with van der Waals surface area (Å²) in [6.45, 7) is 2.15. The number of pyridine rings is 1. The molecule has 0 aliphatic heterocycles. The van der Waals surface area contributed by atoms with Gasteiger partial charge in [0.15, 0.2) is 0 Å². The number of hydrogen-bond acceptors (Lipinski definition) is 1. The molecule has 0 atom stereocenters. The molecule has 0 aliphatic rings. The van der Waals surface area contributed by atoms with Crippen LogP contribution in [0.5, 0.6) is 0 Å². The van der Waals surface area contributed by atoms with Gasteiger partial charge in [-0.15, -0.1) is 0 Å². The lowest BCUT2D eigenvalue weighted by Gasteiger charge is -2.08. The van der Waals surface area contributed by atoms with Crippen LogP contribution in [0, 0.1) is 6.92 Å². The van der Waals surface area contributed by atoms with Gasteiger partial charge in [0.25, 0.3) is 0 Å². The molecule has 0 saturated carbocycles. The summed E-state index contributed by atoms with van der Waals surface area (Å²) in [5.74, 6) is 0. The van der Waals surface area contributed by atoms with Gasteiger partial charge in [-0.3, -0.25) is 4.98 Å². The maximum Gasteiger partial charge on any atom is 0.0711 e. The molecule has 19 heavy (non-hydrogen) atoms. The summed E-state index contributed by atoms with van der Waals surface area (Å²) in [7, 11) is 0. The highest BCUT2D eigenvalue weighted by Gasteiger charge is 2.05. The molecular weight excluding hydrogens is 230 g/mol. The summed E-state index contributed by atoms with van der Waals surface area (Å²) >= 11 is 0. The zero-order valence-corrected chi connectivity index (χ0v) is 10.7. The van der Waals surface area contributed by atoms with Crippen molar-refractivity contribution in [2.45, 2.75) is 6.92 Å². The van der Waals surface area contributed by atoms with Gasteiger partial charge < -0.3 is 0 Å². The molecule has 0 radical (unpaired) electrons. The van der Waals surface area contributed by atoms with E-state index in [-0.39, 0.29) is 0 Å². The first-order valence-corrected chi connectivity index (χ1v) is 6.50. The standard InChI is InChI=1S/C18H13N/c1-12-8-9-19-17-7-6-15-10-13-4-2-3-5-14(13)11-16(15)18(12)17/h2-11H,1H3. The molecule has 1 aromatic heterocycles. The third-order valence-corrected chi connectivity index (χ3v) is 3.80. The largest absolute Gasteiger partial charge is 0.256 e. The van der Waals surface area contributed by atoms with E-state index in [0.717, 1.165) is 5.52 Å². The van der Waals surface area contributed by atoms with Crippen LogP contribution in [0.4, 0.5) is 0 Å². The highest BCUT2D eigenvalue weighted by atomic mass is 14.6. The van der Waals surface area contributed by atoms with Gasteiger partial charge in [0, 0.05) is 11.6 Å². The van der Waals surface area contributed by atoms with Gasteiger partial charge in [-0.2, -0.15) is 0 Å². The highest BCUT2D eigenvalue weighted by molar-refractivity contribution is 6.12. The molecule has 90 valence electrons. The molecule has 0 saturated heterocycles. The number of nitrogens with zero attached hydrogens (tertiary/aromatic N) is 1. The van der Waals surface area contributed by atoms with E-state index in [1.807, 2.05) is 6.20 Å². The molecule has 0 bridgehead atoms. The van der Waals surface area contributed by atoms with Gasteiger partial charge in [0.1, 0.15) is 0 Å². The Bertz CT molecular complexity index is 922. The summed E-state index contributed by atoms with van der Waals surface area (Å²) in [5.41, 5.74) is 2.36. The van der Waals surface area contributed by atoms with Crippen LogP contribution in [-0.4, -0.2) is 4.98 Å². The normalized spacial score (nSPS) is 11.4. The minimum Gasteiger partial charge on any atom is -0.256 e. The molecular formula is C18H13N. The van der Waals surface area contributed by atoms with Crippen molar-refractivity contribution in [3.8, 4) is 0 Å². The fraction of sp³-hybridized carbons (Fsp3) is 0.0556. The molecule has 4 aromatic rings. The molecule has 3 aromatic carbocycles. The summed E-state index contributed by atoms with van der Waals surface area (Å²) in [5, 5.41) is 6.41. The van der Waals surface area contributed by atoms with Crippen molar-refractivity contribution in [2.24, 2.45) is 0 Å². The molecule has 1 heteroatoms. The molecule has 0 amide bonds. The molecule has 1 nitrogen and oxygen atoms in total. The van der Waals surface area contributed by atoms with E-state index in [1.165, 1.54) is 32.5 Å². The van der Waals surface area contributed by atoms with Gasteiger partial charge >= 0.3 is 0 Å². The van der Waals surface area contributed by atoms with Crippen LogP contribution in [0.25, 0.3) is 32.4 Å². The van der Waals surface area contributed by atoms with Gasteiger partial charge in [0.2, 0.25) is 0 Å². The second-order valence-electron chi connectivity index (χ2n) is 5.01. The van der Waals surface area contributed by atoms with Crippen molar-refractivity contribution in [3.63, 3.8) is 0 Å². The van der Waals surface area contributed by atoms with Crippen LogP contribution >= 0.6 is 0 Å². The first-order chi connectivity index (χ1) is 9.33. The van der Waals surface area contributed by atoms with Crippen LogP contribution in [-0.2, 0) is 0 Å². The molecule has 0 fully saturated rings. The fourth-order valence-corrected chi connectivity index (χ4v) is 2.84. The van der Waals surface area contributed by atoms with Crippen molar-refractivity contribution >= 4 is 32.4 Å². The van der Waals surface area contributed by atoms with Crippen LogP contribution in [0.1, 0.15) is 5.56 Å². The quantitative estimate of drug-likeness (QED) is 0.318. The molecule has 0 spiro atoms. The van der Waals surface area contributed by atoms with E-state index in [4.69, 9.17) is 0 Å². The predicted octanol–water partition coefficient (Wildman–Crippen LogP) is 4.85. The Kier molecular flexibility index (Phi) is 2.10. The third kappa shape index (κ3) is 1.52. The molecule has 1 heterocycles. The predicted molar refractivity (Wildman–Crippen MR) is 81.5 cm³/mol. The second kappa shape index (κ2) is 3.79. The van der Waals surface area contributed by atoms with E-state index < -0.39 is 0 Å². The number of hydrogen-bond donors (Lipinski definition) is 0. The Labute approximate surface area is 111 Å². The van der Waals surface area contributed by atoms with E-state index in [2.05, 4.69) is 66.5 Å². The first-order valence-electron chi connectivity index (χ1n) is 6.50. The maximum atomic E-state index is 4.47. The summed E-state index contributed by atoms with van der Waals surface area (Å²) in [6.07, 6.45) is 1.88. The van der Waals surface area contributed by atoms with Crippen molar-refractivity contribution in [3.05, 3.63) is 66.4 Å². The summed E-state index contributed by atoms with van der Waals surface area (Å²) in [6, 6.07) is 19.4. The Hall–Kier alpha value is -2.41. The fourth-order valence-electron chi connectivity index (χ4n) is 2.84. The Morgan fingerprint density at radius 3 is 2.42 bits per heavy atom. The van der Waals surface area contributed by atoms with E-state index in [0.29, 0.717) is 0 Å². The van der Waals surface area contributed by atoms with Crippen LogP contribution < -0.4 is 0 Å². The van der Waals surface area contributed by atoms with Crippen LogP contribution in [0.15, 0.2) is 60.8 Å². The van der Waals surface area contributed by atoms with Gasteiger partial charge in [-0.05, 0) is 58.3 Å². The minimum absolute atomic E-state index is 1.07. The minimum atomic E-state index is 1.07. The zero-order valence-electron chi connectivity index (χ0n) is 10.7. The molecule has 0 aliphatic carbocycles. The smallest absolute Gasteiger partial charge is 0.0711 e. The van der Waals surface area contributed by atoms with E-state index in [1.54, 1.807) is 0 Å². The monoisotopic (exact) mass is 243 g/mol. The van der Waals surface area contributed by atoms with Crippen molar-refractivity contribution in [1.29, 1.82) is 0 Å². The van der Waals surface area contributed by atoms with E-state index >= 15 is 0 Å². The zero-order chi connectivity index (χ0) is 12.8. The van der Waals surface area contributed by atoms with Gasteiger partial charge in [-0.1, -0.05) is 30.3 Å². The molecule has 4 rings (SSSR count). The van der Waals surface area contributed by atoms with Crippen LogP contribution in [0.2, 0.25) is 0 Å². The van der Waals surface area contributed by atoms with Crippen molar-refractivity contribution in [1.82, 2.24) is 4.98 Å². The topological polar surface area (TPSA) is 12.9 Å². The van der Waals surface area contributed by atoms with Crippen molar-refractivity contribution < 1.29 is 0 Å². The maximum absolute atomic E-state index is 4.47. The lowest BCUT2D eigenvalue weighted by atomic mass is 9.98. The van der Waals surface area contributed by atoms with Gasteiger partial charge in [0.05, 0.1) is 5.52 Å². The summed E-state index contributed by atoms with van der Waals surface area (Å²) in [4.78, 5) is 4.47. The van der Waals surface area contributed by atoms with E-state index in [9.17, 15) is 0 Å². The Balaban J connectivity index is 2.29. The number of rotatable bonds is 0. The van der Waals surface area contributed by atoms with Crippen molar-refractivity contribution in [2.75, 3.05) is 0 Å². The molecule has 0 N–H and O–H groups in total. The Morgan fingerprint density at radius 1 is 0.789 bits per heavy atom.